The molecule has 3 aliphatic rings. The van der Waals surface area contributed by atoms with Crippen molar-refractivity contribution in [3.8, 4) is 0 Å². The Morgan fingerprint density at radius 2 is 1.88 bits per heavy atom. The highest BCUT2D eigenvalue weighted by Crippen LogP contribution is 2.52. The fourth-order valence-electron chi connectivity index (χ4n) is 5.11. The van der Waals surface area contributed by atoms with Gasteiger partial charge in [0.25, 0.3) is 5.91 Å². The van der Waals surface area contributed by atoms with Crippen LogP contribution in [0.1, 0.15) is 42.5 Å². The summed E-state index contributed by atoms with van der Waals surface area (Å²) in [7, 11) is 0. The van der Waals surface area contributed by atoms with Crippen molar-refractivity contribution in [2.24, 2.45) is 10.2 Å². The summed E-state index contributed by atoms with van der Waals surface area (Å²) in [6.45, 7) is 1.88. The summed E-state index contributed by atoms with van der Waals surface area (Å²) in [6.07, 6.45) is -2.54. The van der Waals surface area contributed by atoms with Gasteiger partial charge in [-0.15, -0.1) is 0 Å². The van der Waals surface area contributed by atoms with Crippen molar-refractivity contribution in [2.45, 2.75) is 43.6 Å². The monoisotopic (exact) mass is 438 g/mol. The minimum Gasteiger partial charge on any atom is -0.362 e. The Balaban J connectivity index is 1.69. The Morgan fingerprint density at radius 3 is 2.59 bits per heavy atom. The molecular weight excluding hydrogens is 417 g/mol. The second-order valence-corrected chi connectivity index (χ2v) is 8.19. The van der Waals surface area contributed by atoms with Crippen LogP contribution in [0.3, 0.4) is 0 Å². The van der Waals surface area contributed by atoms with Crippen molar-refractivity contribution in [2.75, 3.05) is 0 Å². The normalized spacial score (nSPS) is 26.8. The Hall–Kier alpha value is -3.42. The van der Waals surface area contributed by atoms with Crippen molar-refractivity contribution < 1.29 is 18.0 Å². The highest BCUT2D eigenvalue weighted by atomic mass is 19.4. The van der Waals surface area contributed by atoms with Gasteiger partial charge in [-0.1, -0.05) is 55.5 Å². The Morgan fingerprint density at radius 1 is 1.09 bits per heavy atom. The zero-order valence-corrected chi connectivity index (χ0v) is 17.3. The minimum absolute atomic E-state index is 0.241. The van der Waals surface area contributed by atoms with Gasteiger partial charge in [0, 0.05) is 17.7 Å². The van der Waals surface area contributed by atoms with E-state index in [0.717, 1.165) is 17.7 Å². The van der Waals surface area contributed by atoms with E-state index in [2.05, 4.69) is 20.9 Å². The number of fused-ring (bicyclic) bond motifs is 1. The number of amides is 1. The third-order valence-electron chi connectivity index (χ3n) is 6.56. The maximum atomic E-state index is 13.5. The first kappa shape index (κ1) is 20.5. The van der Waals surface area contributed by atoms with Crippen LogP contribution in [-0.2, 0) is 16.4 Å². The van der Waals surface area contributed by atoms with Crippen LogP contribution in [0.25, 0.3) is 0 Å². The van der Waals surface area contributed by atoms with Crippen molar-refractivity contribution in [1.29, 1.82) is 0 Å². The zero-order chi connectivity index (χ0) is 22.5. The van der Waals surface area contributed by atoms with E-state index in [-0.39, 0.29) is 11.9 Å². The van der Waals surface area contributed by atoms with E-state index >= 15 is 0 Å². The number of halogens is 3. The number of benzene rings is 2. The lowest BCUT2D eigenvalue weighted by Gasteiger charge is -2.46. The Bertz CT molecular complexity index is 1170. The Labute approximate surface area is 183 Å². The molecule has 2 aromatic rings. The molecule has 5 nitrogen and oxygen atoms in total. The maximum Gasteiger partial charge on any atom is 0.416 e. The number of rotatable bonds is 3. The number of carbonyl (C=O) groups is 1. The van der Waals surface area contributed by atoms with Gasteiger partial charge >= 0.3 is 6.18 Å². The van der Waals surface area contributed by atoms with Crippen LogP contribution in [0.15, 0.2) is 87.9 Å². The first-order valence-electron chi connectivity index (χ1n) is 10.5. The second kappa shape index (κ2) is 7.32. The first-order chi connectivity index (χ1) is 15.3. The van der Waals surface area contributed by atoms with Gasteiger partial charge in [0.05, 0.1) is 28.8 Å². The van der Waals surface area contributed by atoms with Crippen molar-refractivity contribution in [1.82, 2.24) is 10.6 Å². The summed E-state index contributed by atoms with van der Waals surface area (Å²) < 4.78 is 40.6. The molecule has 0 spiro atoms. The molecule has 0 saturated carbocycles. The molecule has 0 saturated heterocycles. The van der Waals surface area contributed by atoms with Gasteiger partial charge in [-0.3, -0.25) is 4.79 Å². The molecular formula is C24H21F3N4O. The molecule has 2 N–H and O–H groups in total. The van der Waals surface area contributed by atoms with Crippen LogP contribution >= 0.6 is 0 Å². The molecule has 5 rings (SSSR count). The van der Waals surface area contributed by atoms with Gasteiger partial charge in [-0.25, -0.2) is 0 Å². The van der Waals surface area contributed by atoms with Crippen LogP contribution in [0.5, 0.6) is 0 Å². The van der Waals surface area contributed by atoms with Crippen LogP contribution in [-0.4, -0.2) is 12.1 Å². The lowest BCUT2D eigenvalue weighted by molar-refractivity contribution is -0.137. The molecule has 0 bridgehead atoms. The van der Waals surface area contributed by atoms with Crippen molar-refractivity contribution >= 4 is 5.91 Å². The van der Waals surface area contributed by atoms with Gasteiger partial charge in [0.2, 0.25) is 0 Å². The van der Waals surface area contributed by atoms with Crippen LogP contribution in [0.2, 0.25) is 0 Å². The summed E-state index contributed by atoms with van der Waals surface area (Å²) in [5.74, 6) is -0.293. The van der Waals surface area contributed by atoms with E-state index in [1.54, 1.807) is 12.3 Å². The summed E-state index contributed by atoms with van der Waals surface area (Å²) in [5, 5.41) is 14.7. The quantitative estimate of drug-likeness (QED) is 0.696. The number of nitrogens with zero attached hydrogens (tertiary/aromatic N) is 2. The minimum atomic E-state index is -4.49. The fraction of sp³-hybridized carbons (Fsp3) is 0.292. The predicted molar refractivity (Wildman–Crippen MR) is 112 cm³/mol. The van der Waals surface area contributed by atoms with Crippen molar-refractivity contribution in [3.63, 3.8) is 0 Å². The highest BCUT2D eigenvalue weighted by molar-refractivity contribution is 5.99. The Kier molecular flexibility index (Phi) is 4.69. The van der Waals surface area contributed by atoms with E-state index < -0.39 is 23.3 Å². The molecule has 3 heterocycles. The molecule has 0 radical (unpaired) electrons. The largest absolute Gasteiger partial charge is 0.416 e. The third-order valence-corrected chi connectivity index (χ3v) is 6.56. The molecule has 3 aliphatic heterocycles. The van der Waals surface area contributed by atoms with Crippen LogP contribution in [0, 0.1) is 0 Å². The molecule has 1 unspecified atom stereocenters. The number of azo groups is 1. The molecule has 0 fully saturated rings. The summed E-state index contributed by atoms with van der Waals surface area (Å²) in [4.78, 5) is 13.5. The smallest absolute Gasteiger partial charge is 0.362 e. The number of nitrogens with one attached hydrogen (secondary N) is 2. The lowest BCUT2D eigenvalue weighted by atomic mass is 9.62. The standard InChI is InChI=1S/C24H21F3N4O/c1-2-23(15-9-6-10-16(11-15)24(25,26)27)17-13-28-31-21(17)29-19-12-18(30-22(32)20(19)23)14-7-4-3-5-8-14/h3-11,13,18,21,29H,2,12H2,1H3,(H,30,32)/t18-,21?,23-/m0/s1. The third kappa shape index (κ3) is 3.04. The van der Waals surface area contributed by atoms with Gasteiger partial charge in [0.15, 0.2) is 6.17 Å². The van der Waals surface area contributed by atoms with Gasteiger partial charge in [0.1, 0.15) is 0 Å². The molecule has 164 valence electrons. The lowest BCUT2D eigenvalue weighted by Crippen LogP contribution is -2.53. The highest BCUT2D eigenvalue weighted by Gasteiger charge is 2.52. The number of carbonyl (C=O) groups excluding carboxylic acids is 1. The summed E-state index contributed by atoms with van der Waals surface area (Å²) in [5.41, 5.74) is 1.41. The molecule has 8 heteroatoms. The van der Waals surface area contributed by atoms with Gasteiger partial charge in [-0.05, 0) is 23.6 Å². The zero-order valence-electron chi connectivity index (χ0n) is 17.3. The van der Waals surface area contributed by atoms with E-state index in [1.807, 2.05) is 37.3 Å². The van der Waals surface area contributed by atoms with E-state index in [1.165, 1.54) is 6.07 Å². The average molecular weight is 438 g/mol. The number of hydrogen-bond acceptors (Lipinski definition) is 4. The topological polar surface area (TPSA) is 65.8 Å². The van der Waals surface area contributed by atoms with Crippen molar-refractivity contribution in [3.05, 3.63) is 94.3 Å². The van der Waals surface area contributed by atoms with Gasteiger partial charge in [-0.2, -0.15) is 23.4 Å². The second-order valence-electron chi connectivity index (χ2n) is 8.19. The van der Waals surface area contributed by atoms with E-state index in [9.17, 15) is 18.0 Å². The molecule has 0 aliphatic carbocycles. The van der Waals surface area contributed by atoms with Gasteiger partial charge < -0.3 is 10.6 Å². The van der Waals surface area contributed by atoms with E-state index in [4.69, 9.17) is 0 Å². The first-order valence-corrected chi connectivity index (χ1v) is 10.5. The fourth-order valence-corrected chi connectivity index (χ4v) is 5.11. The molecule has 2 aromatic carbocycles. The number of hydrogen-bond donors (Lipinski definition) is 2. The number of alkyl halides is 3. The van der Waals surface area contributed by atoms with E-state index in [0.29, 0.717) is 35.2 Å². The molecule has 1 amide bonds. The maximum absolute atomic E-state index is 13.5. The predicted octanol–water partition coefficient (Wildman–Crippen LogP) is 5.15. The molecule has 3 atom stereocenters. The average Bonchev–Trinajstić information content (AvgIpc) is 3.26. The molecule has 0 aromatic heterocycles. The van der Waals surface area contributed by atoms with Crippen LogP contribution in [0.4, 0.5) is 13.2 Å². The van der Waals surface area contributed by atoms with Crippen LogP contribution < -0.4 is 10.6 Å². The molecule has 32 heavy (non-hydrogen) atoms. The summed E-state index contributed by atoms with van der Waals surface area (Å²) in [6, 6.07) is 14.6. The SMILES string of the molecule is CC[C@]1(c2cccc(C(F)(F)F)c2)C2=CN=NC2NC2=C1C(=O)N[C@H](c1ccccc1)C2. The summed E-state index contributed by atoms with van der Waals surface area (Å²) >= 11 is 0.